The quantitative estimate of drug-likeness (QED) is 0.700. The number of imidazole rings is 1. The van der Waals surface area contributed by atoms with Gasteiger partial charge in [-0.15, -0.1) is 0 Å². The summed E-state index contributed by atoms with van der Waals surface area (Å²) >= 11 is 0. The molecule has 0 bridgehead atoms. The summed E-state index contributed by atoms with van der Waals surface area (Å²) in [5, 5.41) is 0. The van der Waals surface area contributed by atoms with E-state index in [4.69, 9.17) is 10.5 Å². The number of nitrogens with two attached hydrogens (primary N) is 1. The van der Waals surface area contributed by atoms with Gasteiger partial charge in [0.05, 0.1) is 17.6 Å². The van der Waals surface area contributed by atoms with Crippen LogP contribution in [0.3, 0.4) is 0 Å². The van der Waals surface area contributed by atoms with Crippen molar-refractivity contribution in [3.8, 4) is 5.75 Å². The molecule has 0 aliphatic rings. The summed E-state index contributed by atoms with van der Waals surface area (Å²) in [6.45, 7) is 3.41. The van der Waals surface area contributed by atoms with Crippen LogP contribution in [0.25, 0.3) is 11.0 Å². The van der Waals surface area contributed by atoms with Crippen molar-refractivity contribution in [2.75, 3.05) is 13.2 Å². The van der Waals surface area contributed by atoms with Gasteiger partial charge >= 0.3 is 0 Å². The molecule has 2 aromatic carbocycles. The molecule has 23 heavy (non-hydrogen) atoms. The average molecular weight is 309 g/mol. The third-order valence-corrected chi connectivity index (χ3v) is 3.93. The molecule has 0 amide bonds. The van der Waals surface area contributed by atoms with Gasteiger partial charge in [-0.1, -0.05) is 31.2 Å². The number of benzene rings is 2. The normalized spacial score (nSPS) is 12.4. The van der Waals surface area contributed by atoms with Gasteiger partial charge in [0.25, 0.3) is 0 Å². The molecular weight excluding hydrogens is 286 g/mol. The van der Waals surface area contributed by atoms with E-state index in [2.05, 4.69) is 29.0 Å². The topological polar surface area (TPSA) is 63.9 Å². The fourth-order valence-electron chi connectivity index (χ4n) is 2.72. The number of aromatic amines is 1. The highest BCUT2D eigenvalue weighted by Crippen LogP contribution is 2.23. The third kappa shape index (κ3) is 3.71. The smallest absolute Gasteiger partial charge is 0.119 e. The number of hydrogen-bond donors (Lipinski definition) is 2. The highest BCUT2D eigenvalue weighted by molar-refractivity contribution is 5.74. The van der Waals surface area contributed by atoms with Crippen LogP contribution < -0.4 is 10.5 Å². The largest absolute Gasteiger partial charge is 0.494 e. The predicted octanol–water partition coefficient (Wildman–Crippen LogP) is 3.64. The van der Waals surface area contributed by atoms with Crippen molar-refractivity contribution in [1.29, 1.82) is 0 Å². The summed E-state index contributed by atoms with van der Waals surface area (Å²) in [7, 11) is 0. The second-order valence-corrected chi connectivity index (χ2v) is 5.77. The first-order valence-electron chi connectivity index (χ1n) is 8.16. The van der Waals surface area contributed by atoms with Gasteiger partial charge in [-0.2, -0.15) is 0 Å². The Morgan fingerprint density at radius 2 is 2.04 bits per heavy atom. The molecule has 1 atom stereocenters. The molecule has 1 aromatic heterocycles. The molecule has 4 heteroatoms. The molecular formula is C19H23N3O. The number of hydrogen-bond acceptors (Lipinski definition) is 3. The summed E-state index contributed by atoms with van der Waals surface area (Å²) in [6.07, 6.45) is 1.86. The Morgan fingerprint density at radius 1 is 1.17 bits per heavy atom. The van der Waals surface area contributed by atoms with Crippen molar-refractivity contribution in [2.45, 2.75) is 25.7 Å². The number of ether oxygens (including phenoxy) is 1. The number of H-pyrrole nitrogens is 1. The van der Waals surface area contributed by atoms with E-state index >= 15 is 0 Å². The lowest BCUT2D eigenvalue weighted by Gasteiger charge is -2.13. The van der Waals surface area contributed by atoms with Crippen molar-refractivity contribution >= 4 is 11.0 Å². The molecule has 1 heterocycles. The summed E-state index contributed by atoms with van der Waals surface area (Å²) < 4.78 is 5.71. The minimum Gasteiger partial charge on any atom is -0.494 e. The van der Waals surface area contributed by atoms with Crippen LogP contribution in [0.15, 0.2) is 48.5 Å². The lowest BCUT2D eigenvalue weighted by atomic mass is 9.98. The van der Waals surface area contributed by atoms with Crippen LogP contribution in [-0.2, 0) is 6.42 Å². The van der Waals surface area contributed by atoms with E-state index in [1.165, 1.54) is 5.56 Å². The summed E-state index contributed by atoms with van der Waals surface area (Å²) in [4.78, 5) is 8.08. The Balaban J connectivity index is 1.79. The minimum absolute atomic E-state index is 0.170. The van der Waals surface area contributed by atoms with Crippen LogP contribution in [0.2, 0.25) is 0 Å². The molecule has 120 valence electrons. The zero-order chi connectivity index (χ0) is 16.1. The van der Waals surface area contributed by atoms with Crippen LogP contribution >= 0.6 is 0 Å². The molecule has 4 nitrogen and oxygen atoms in total. The molecule has 0 saturated heterocycles. The second-order valence-electron chi connectivity index (χ2n) is 5.77. The van der Waals surface area contributed by atoms with Crippen LogP contribution in [0.5, 0.6) is 5.75 Å². The summed E-state index contributed by atoms with van der Waals surface area (Å²) in [5.74, 6) is 2.04. The molecule has 0 saturated carbocycles. The van der Waals surface area contributed by atoms with Crippen molar-refractivity contribution in [1.82, 2.24) is 9.97 Å². The Hall–Kier alpha value is -2.33. The van der Waals surface area contributed by atoms with Crippen molar-refractivity contribution in [3.63, 3.8) is 0 Å². The summed E-state index contributed by atoms with van der Waals surface area (Å²) in [5.41, 5.74) is 9.26. The maximum absolute atomic E-state index is 6.00. The molecule has 3 aromatic rings. The summed E-state index contributed by atoms with van der Waals surface area (Å²) in [6, 6.07) is 16.3. The van der Waals surface area contributed by atoms with Gasteiger partial charge in [0, 0.05) is 12.5 Å². The standard InChI is InChI=1S/C19H23N3O/c1-2-10-23-16-7-5-6-14(12-16)11-15(13-20)19-21-17-8-3-4-9-18(17)22-19/h3-9,12,15H,2,10-11,13,20H2,1H3,(H,21,22). The Morgan fingerprint density at radius 3 is 2.83 bits per heavy atom. The maximum Gasteiger partial charge on any atom is 0.119 e. The van der Waals surface area contributed by atoms with Crippen LogP contribution in [0, 0.1) is 0 Å². The maximum atomic E-state index is 6.00. The van der Waals surface area contributed by atoms with E-state index in [-0.39, 0.29) is 5.92 Å². The van der Waals surface area contributed by atoms with E-state index in [1.807, 2.05) is 36.4 Å². The van der Waals surface area contributed by atoms with E-state index < -0.39 is 0 Å². The number of nitrogens with zero attached hydrogens (tertiary/aromatic N) is 1. The zero-order valence-corrected chi connectivity index (χ0v) is 13.5. The number of nitrogens with one attached hydrogen (secondary N) is 1. The van der Waals surface area contributed by atoms with E-state index in [1.54, 1.807) is 0 Å². The Bertz CT molecular complexity index is 733. The number of para-hydroxylation sites is 2. The van der Waals surface area contributed by atoms with Gasteiger partial charge in [0.15, 0.2) is 0 Å². The number of rotatable bonds is 7. The fraction of sp³-hybridized carbons (Fsp3) is 0.316. The van der Waals surface area contributed by atoms with E-state index in [0.29, 0.717) is 6.54 Å². The van der Waals surface area contributed by atoms with Crippen molar-refractivity contribution < 1.29 is 4.74 Å². The fourth-order valence-corrected chi connectivity index (χ4v) is 2.72. The molecule has 3 rings (SSSR count). The molecule has 0 aliphatic carbocycles. The van der Waals surface area contributed by atoms with E-state index in [9.17, 15) is 0 Å². The Kier molecular flexibility index (Phi) is 4.93. The highest BCUT2D eigenvalue weighted by atomic mass is 16.5. The van der Waals surface area contributed by atoms with Gasteiger partial charge in [-0.05, 0) is 42.7 Å². The monoisotopic (exact) mass is 309 g/mol. The third-order valence-electron chi connectivity index (χ3n) is 3.93. The zero-order valence-electron chi connectivity index (χ0n) is 13.5. The first-order chi connectivity index (χ1) is 11.3. The van der Waals surface area contributed by atoms with Gasteiger partial charge in [0.2, 0.25) is 0 Å². The van der Waals surface area contributed by atoms with Gasteiger partial charge in [-0.3, -0.25) is 0 Å². The molecule has 0 aliphatic heterocycles. The first kappa shape index (κ1) is 15.6. The van der Waals surface area contributed by atoms with E-state index in [0.717, 1.165) is 42.1 Å². The lowest BCUT2D eigenvalue weighted by molar-refractivity contribution is 0.317. The molecule has 3 N–H and O–H groups in total. The average Bonchev–Trinajstić information content (AvgIpc) is 3.02. The number of fused-ring (bicyclic) bond motifs is 1. The molecule has 1 unspecified atom stereocenters. The molecule has 0 spiro atoms. The van der Waals surface area contributed by atoms with Crippen LogP contribution in [-0.4, -0.2) is 23.1 Å². The van der Waals surface area contributed by atoms with Crippen LogP contribution in [0.4, 0.5) is 0 Å². The van der Waals surface area contributed by atoms with Gasteiger partial charge < -0.3 is 15.5 Å². The second kappa shape index (κ2) is 7.29. The SMILES string of the molecule is CCCOc1cccc(CC(CN)c2nc3ccccc3[nH]2)c1. The minimum atomic E-state index is 0.170. The first-order valence-corrected chi connectivity index (χ1v) is 8.16. The van der Waals surface area contributed by atoms with Crippen molar-refractivity contribution in [2.24, 2.45) is 5.73 Å². The van der Waals surface area contributed by atoms with Crippen LogP contribution in [0.1, 0.15) is 30.7 Å². The van der Waals surface area contributed by atoms with Gasteiger partial charge in [0.1, 0.15) is 11.6 Å². The Labute approximate surface area is 136 Å². The lowest BCUT2D eigenvalue weighted by Crippen LogP contribution is -2.16. The van der Waals surface area contributed by atoms with Gasteiger partial charge in [-0.25, -0.2) is 4.98 Å². The predicted molar refractivity (Wildman–Crippen MR) is 93.8 cm³/mol. The van der Waals surface area contributed by atoms with Crippen molar-refractivity contribution in [3.05, 3.63) is 59.9 Å². The highest BCUT2D eigenvalue weighted by Gasteiger charge is 2.15. The number of aromatic nitrogens is 2. The molecule has 0 radical (unpaired) electrons. The molecule has 0 fully saturated rings.